The van der Waals surface area contributed by atoms with Crippen molar-refractivity contribution >= 4 is 22.1 Å². The van der Waals surface area contributed by atoms with Crippen LogP contribution in [-0.2, 0) is 0 Å². The van der Waals surface area contributed by atoms with Crippen LogP contribution in [0, 0.1) is 0 Å². The lowest BCUT2D eigenvalue weighted by Gasteiger charge is -1.99. The molecule has 3 aromatic heterocycles. The number of fused-ring (bicyclic) bond motifs is 2. The third-order valence-corrected chi connectivity index (χ3v) is 2.27. The standard InChI is InChI=1S/C11H7N3O/c15-10-4-3-8-9(13-10)6-7-2-1-5-12-11(7)14-8/h1-6H,(H,13,15). The Kier molecular flexibility index (Phi) is 1.56. The van der Waals surface area contributed by atoms with Gasteiger partial charge < -0.3 is 4.98 Å². The maximum absolute atomic E-state index is 11.1. The van der Waals surface area contributed by atoms with Crippen LogP contribution in [0.2, 0.25) is 0 Å². The monoisotopic (exact) mass is 197 g/mol. The quantitative estimate of drug-likeness (QED) is 0.555. The van der Waals surface area contributed by atoms with E-state index in [1.54, 1.807) is 12.3 Å². The molecule has 0 aliphatic heterocycles. The van der Waals surface area contributed by atoms with E-state index in [1.807, 2.05) is 18.2 Å². The minimum atomic E-state index is -0.118. The van der Waals surface area contributed by atoms with E-state index >= 15 is 0 Å². The smallest absolute Gasteiger partial charge is 0.248 e. The minimum absolute atomic E-state index is 0.118. The Balaban J connectivity index is 2.53. The van der Waals surface area contributed by atoms with Crippen molar-refractivity contribution in [3.8, 4) is 0 Å². The average molecular weight is 197 g/mol. The molecule has 0 aliphatic rings. The van der Waals surface area contributed by atoms with E-state index in [1.165, 1.54) is 6.07 Å². The van der Waals surface area contributed by atoms with Crippen molar-refractivity contribution in [1.82, 2.24) is 15.0 Å². The second-order valence-electron chi connectivity index (χ2n) is 3.29. The molecular formula is C11H7N3O. The first-order valence-corrected chi connectivity index (χ1v) is 4.58. The molecule has 0 bridgehead atoms. The zero-order valence-corrected chi connectivity index (χ0v) is 7.77. The van der Waals surface area contributed by atoms with Crippen LogP contribution in [0.1, 0.15) is 0 Å². The molecule has 3 aromatic rings. The van der Waals surface area contributed by atoms with Crippen molar-refractivity contribution < 1.29 is 0 Å². The molecule has 1 N–H and O–H groups in total. The molecular weight excluding hydrogens is 190 g/mol. The van der Waals surface area contributed by atoms with E-state index < -0.39 is 0 Å². The summed E-state index contributed by atoms with van der Waals surface area (Å²) in [5, 5.41) is 0.923. The van der Waals surface area contributed by atoms with E-state index in [0.717, 1.165) is 16.4 Å². The number of pyridine rings is 3. The maximum Gasteiger partial charge on any atom is 0.248 e. The summed E-state index contributed by atoms with van der Waals surface area (Å²) in [7, 11) is 0. The van der Waals surface area contributed by atoms with Crippen LogP contribution >= 0.6 is 0 Å². The largest absolute Gasteiger partial charge is 0.321 e. The Morgan fingerprint density at radius 1 is 1.20 bits per heavy atom. The molecule has 0 aromatic carbocycles. The molecule has 0 spiro atoms. The van der Waals surface area contributed by atoms with Gasteiger partial charge in [0, 0.05) is 17.6 Å². The van der Waals surface area contributed by atoms with E-state index in [4.69, 9.17) is 0 Å². The van der Waals surface area contributed by atoms with Gasteiger partial charge in [-0.15, -0.1) is 0 Å². The lowest BCUT2D eigenvalue weighted by molar-refractivity contribution is 1.27. The van der Waals surface area contributed by atoms with E-state index in [0.29, 0.717) is 5.65 Å². The number of H-pyrrole nitrogens is 1. The summed E-state index contributed by atoms with van der Waals surface area (Å²) in [5.41, 5.74) is 2.06. The fourth-order valence-electron chi connectivity index (χ4n) is 1.58. The van der Waals surface area contributed by atoms with Gasteiger partial charge in [-0.25, -0.2) is 9.97 Å². The van der Waals surface area contributed by atoms with Crippen molar-refractivity contribution in [1.29, 1.82) is 0 Å². The SMILES string of the molecule is O=c1ccc2nc3ncccc3cc2[nH]1. The Labute approximate surface area is 84.6 Å². The molecule has 0 amide bonds. The molecule has 15 heavy (non-hydrogen) atoms. The van der Waals surface area contributed by atoms with Gasteiger partial charge in [0.2, 0.25) is 5.56 Å². The Bertz CT molecular complexity index is 703. The summed E-state index contributed by atoms with van der Waals surface area (Å²) in [6.45, 7) is 0. The molecule has 0 aliphatic carbocycles. The third kappa shape index (κ3) is 1.27. The van der Waals surface area contributed by atoms with Crippen molar-refractivity contribution in [3.63, 3.8) is 0 Å². The van der Waals surface area contributed by atoms with Crippen LogP contribution in [0.3, 0.4) is 0 Å². The number of nitrogens with zero attached hydrogens (tertiary/aromatic N) is 2. The van der Waals surface area contributed by atoms with Gasteiger partial charge in [0.1, 0.15) is 0 Å². The zero-order chi connectivity index (χ0) is 10.3. The van der Waals surface area contributed by atoms with Gasteiger partial charge in [-0.1, -0.05) is 0 Å². The molecule has 3 heterocycles. The molecule has 0 unspecified atom stereocenters. The molecule has 72 valence electrons. The van der Waals surface area contributed by atoms with Crippen LogP contribution in [0.25, 0.3) is 22.1 Å². The van der Waals surface area contributed by atoms with Crippen molar-refractivity contribution in [3.05, 3.63) is 46.9 Å². The number of hydrogen-bond acceptors (Lipinski definition) is 3. The van der Waals surface area contributed by atoms with Crippen LogP contribution in [0.4, 0.5) is 0 Å². The van der Waals surface area contributed by atoms with Gasteiger partial charge in [-0.3, -0.25) is 4.79 Å². The van der Waals surface area contributed by atoms with Crippen molar-refractivity contribution in [2.24, 2.45) is 0 Å². The van der Waals surface area contributed by atoms with Gasteiger partial charge in [-0.2, -0.15) is 0 Å². The molecule has 0 fully saturated rings. The number of rotatable bonds is 0. The lowest BCUT2D eigenvalue weighted by atomic mass is 10.2. The van der Waals surface area contributed by atoms with Crippen molar-refractivity contribution in [2.75, 3.05) is 0 Å². The van der Waals surface area contributed by atoms with E-state index in [-0.39, 0.29) is 5.56 Å². The number of aromatic amines is 1. The minimum Gasteiger partial charge on any atom is -0.321 e. The molecule has 0 radical (unpaired) electrons. The summed E-state index contributed by atoms with van der Waals surface area (Å²) in [6.07, 6.45) is 1.70. The van der Waals surface area contributed by atoms with E-state index in [9.17, 15) is 4.79 Å². The number of hydrogen-bond donors (Lipinski definition) is 1. The molecule has 3 rings (SSSR count). The van der Waals surface area contributed by atoms with Gasteiger partial charge in [0.05, 0.1) is 11.0 Å². The molecule has 4 nitrogen and oxygen atoms in total. The Morgan fingerprint density at radius 3 is 3.07 bits per heavy atom. The Hall–Kier alpha value is -2.23. The Morgan fingerprint density at radius 2 is 2.13 bits per heavy atom. The van der Waals surface area contributed by atoms with Crippen molar-refractivity contribution in [2.45, 2.75) is 0 Å². The zero-order valence-electron chi connectivity index (χ0n) is 7.77. The predicted molar refractivity (Wildman–Crippen MR) is 57.7 cm³/mol. The molecule has 0 atom stereocenters. The first-order chi connectivity index (χ1) is 7.33. The summed E-state index contributed by atoms with van der Waals surface area (Å²) in [6, 6.07) is 8.80. The number of aromatic nitrogens is 3. The molecule has 4 heteroatoms. The topological polar surface area (TPSA) is 58.6 Å². The summed E-state index contributed by atoms with van der Waals surface area (Å²) in [5.74, 6) is 0. The summed E-state index contributed by atoms with van der Waals surface area (Å²) < 4.78 is 0. The molecule has 0 saturated carbocycles. The third-order valence-electron chi connectivity index (χ3n) is 2.27. The van der Waals surface area contributed by atoms with Crippen LogP contribution < -0.4 is 5.56 Å². The second-order valence-corrected chi connectivity index (χ2v) is 3.29. The molecule has 0 saturated heterocycles. The van der Waals surface area contributed by atoms with Gasteiger partial charge >= 0.3 is 0 Å². The first kappa shape index (κ1) is 8.11. The maximum atomic E-state index is 11.1. The fourth-order valence-corrected chi connectivity index (χ4v) is 1.58. The summed E-state index contributed by atoms with van der Waals surface area (Å²) in [4.78, 5) is 22.3. The van der Waals surface area contributed by atoms with Crippen LogP contribution in [0.15, 0.2) is 41.3 Å². The number of nitrogens with one attached hydrogen (secondary N) is 1. The highest BCUT2D eigenvalue weighted by molar-refractivity contribution is 5.88. The average Bonchev–Trinajstić information content (AvgIpc) is 2.26. The highest BCUT2D eigenvalue weighted by Crippen LogP contribution is 2.14. The second kappa shape index (κ2) is 2.88. The fraction of sp³-hybridized carbons (Fsp3) is 0. The summed E-state index contributed by atoms with van der Waals surface area (Å²) >= 11 is 0. The lowest BCUT2D eigenvalue weighted by Crippen LogP contribution is -2.03. The highest BCUT2D eigenvalue weighted by atomic mass is 16.1. The first-order valence-electron chi connectivity index (χ1n) is 4.58. The van der Waals surface area contributed by atoms with Crippen LogP contribution in [-0.4, -0.2) is 15.0 Å². The van der Waals surface area contributed by atoms with Crippen LogP contribution in [0.5, 0.6) is 0 Å². The van der Waals surface area contributed by atoms with Gasteiger partial charge in [0.15, 0.2) is 5.65 Å². The van der Waals surface area contributed by atoms with Gasteiger partial charge in [-0.05, 0) is 24.3 Å². The van der Waals surface area contributed by atoms with Gasteiger partial charge in [0.25, 0.3) is 0 Å². The normalized spacial score (nSPS) is 10.9. The predicted octanol–water partition coefficient (Wildman–Crippen LogP) is 1.47. The highest BCUT2D eigenvalue weighted by Gasteiger charge is 1.99. The van der Waals surface area contributed by atoms with E-state index in [2.05, 4.69) is 15.0 Å².